The molecule has 1 unspecified atom stereocenters. The monoisotopic (exact) mass is 457 g/mol. The van der Waals surface area contributed by atoms with Gasteiger partial charge in [-0.25, -0.2) is 8.42 Å². The Kier molecular flexibility index (Phi) is 7.69. The van der Waals surface area contributed by atoms with E-state index in [-0.39, 0.29) is 28.8 Å². The fraction of sp³-hybridized carbons (Fsp3) is 0.417. The van der Waals surface area contributed by atoms with E-state index in [0.717, 1.165) is 37.7 Å². The van der Waals surface area contributed by atoms with Crippen molar-refractivity contribution in [3.05, 3.63) is 59.7 Å². The van der Waals surface area contributed by atoms with Crippen LogP contribution in [0.5, 0.6) is 0 Å². The summed E-state index contributed by atoms with van der Waals surface area (Å²) in [4.78, 5) is 24.1. The molecule has 0 radical (unpaired) electrons. The number of carbonyl (C=O) groups is 2. The Labute approximate surface area is 190 Å². The summed E-state index contributed by atoms with van der Waals surface area (Å²) >= 11 is 0. The highest BCUT2D eigenvalue weighted by Crippen LogP contribution is 2.26. The van der Waals surface area contributed by atoms with E-state index in [1.54, 1.807) is 13.1 Å². The van der Waals surface area contributed by atoms with Crippen LogP contribution in [-0.4, -0.2) is 37.6 Å². The lowest BCUT2D eigenvalue weighted by Gasteiger charge is -2.30. The number of carbonyl (C=O) groups excluding carboxylic acids is 2. The minimum absolute atomic E-state index is 0.0332. The summed E-state index contributed by atoms with van der Waals surface area (Å²) in [5.41, 5.74) is 1.89. The molecule has 1 saturated carbocycles. The number of sulfonamides is 1. The van der Waals surface area contributed by atoms with E-state index in [2.05, 4.69) is 10.6 Å². The zero-order valence-electron chi connectivity index (χ0n) is 18.8. The second kappa shape index (κ2) is 10.3. The number of benzene rings is 2. The molecule has 8 heteroatoms. The molecule has 1 atom stereocenters. The summed E-state index contributed by atoms with van der Waals surface area (Å²) < 4.78 is 27.4. The van der Waals surface area contributed by atoms with Crippen molar-refractivity contribution in [2.24, 2.45) is 0 Å². The van der Waals surface area contributed by atoms with Gasteiger partial charge in [-0.3, -0.25) is 9.59 Å². The molecular weight excluding hydrogens is 426 g/mol. The molecule has 32 heavy (non-hydrogen) atoms. The second-order valence-corrected chi connectivity index (χ2v) is 10.3. The molecule has 2 amide bonds. The average molecular weight is 458 g/mol. The number of nitrogens with zero attached hydrogens (tertiary/aromatic N) is 1. The average Bonchev–Trinajstić information content (AvgIpc) is 2.79. The molecule has 0 aliphatic heterocycles. The van der Waals surface area contributed by atoms with Crippen LogP contribution in [0.1, 0.15) is 67.9 Å². The standard InChI is InChI=1S/C24H31N3O4S/c1-17(20-8-7-9-21(16-20)26-18(2)28)25-24(29)19-12-14-23(15-13-19)32(30,31)27(3)22-10-5-4-6-11-22/h7-9,12-17,22H,4-6,10-11H2,1-3H3,(H,25,29)(H,26,28). The van der Waals surface area contributed by atoms with E-state index >= 15 is 0 Å². The van der Waals surface area contributed by atoms with Gasteiger partial charge in [0, 0.05) is 31.3 Å². The van der Waals surface area contributed by atoms with Crippen LogP contribution in [-0.2, 0) is 14.8 Å². The van der Waals surface area contributed by atoms with Crippen LogP contribution >= 0.6 is 0 Å². The predicted molar refractivity (Wildman–Crippen MR) is 125 cm³/mol. The predicted octanol–water partition coefficient (Wildman–Crippen LogP) is 4.09. The zero-order chi connectivity index (χ0) is 23.3. The van der Waals surface area contributed by atoms with Gasteiger partial charge in [0.15, 0.2) is 0 Å². The first-order chi connectivity index (χ1) is 15.2. The molecule has 2 aromatic rings. The van der Waals surface area contributed by atoms with Gasteiger partial charge in [0.05, 0.1) is 10.9 Å². The Morgan fingerprint density at radius 3 is 2.31 bits per heavy atom. The first-order valence-corrected chi connectivity index (χ1v) is 12.4. The SMILES string of the molecule is CC(=O)Nc1cccc(C(C)NC(=O)c2ccc(S(=O)(=O)N(C)C3CCCCC3)cc2)c1. The Balaban J connectivity index is 1.67. The number of amides is 2. The minimum Gasteiger partial charge on any atom is -0.346 e. The number of hydrogen-bond acceptors (Lipinski definition) is 4. The van der Waals surface area contributed by atoms with E-state index in [1.165, 1.54) is 35.5 Å². The van der Waals surface area contributed by atoms with Crippen molar-refractivity contribution in [3.8, 4) is 0 Å². The number of anilines is 1. The molecule has 0 aromatic heterocycles. The van der Waals surface area contributed by atoms with Crippen molar-refractivity contribution in [3.63, 3.8) is 0 Å². The summed E-state index contributed by atoms with van der Waals surface area (Å²) in [7, 11) is -1.95. The third-order valence-corrected chi connectivity index (χ3v) is 7.86. The maximum Gasteiger partial charge on any atom is 0.251 e. The van der Waals surface area contributed by atoms with Gasteiger partial charge in [-0.1, -0.05) is 31.4 Å². The normalized spacial score (nSPS) is 15.9. The van der Waals surface area contributed by atoms with Gasteiger partial charge in [0.1, 0.15) is 0 Å². The van der Waals surface area contributed by atoms with E-state index in [1.807, 2.05) is 25.1 Å². The third kappa shape index (κ3) is 5.75. The smallest absolute Gasteiger partial charge is 0.251 e. The fourth-order valence-electron chi connectivity index (χ4n) is 4.04. The minimum atomic E-state index is -3.59. The number of nitrogens with one attached hydrogen (secondary N) is 2. The van der Waals surface area contributed by atoms with Crippen molar-refractivity contribution in [2.75, 3.05) is 12.4 Å². The molecule has 1 aliphatic carbocycles. The van der Waals surface area contributed by atoms with Crippen molar-refractivity contribution in [1.29, 1.82) is 0 Å². The highest BCUT2D eigenvalue weighted by atomic mass is 32.2. The van der Waals surface area contributed by atoms with Crippen molar-refractivity contribution in [1.82, 2.24) is 9.62 Å². The largest absolute Gasteiger partial charge is 0.346 e. The zero-order valence-corrected chi connectivity index (χ0v) is 19.6. The van der Waals surface area contributed by atoms with Crippen LogP contribution < -0.4 is 10.6 Å². The quantitative estimate of drug-likeness (QED) is 0.655. The van der Waals surface area contributed by atoms with Gasteiger partial charge in [-0.2, -0.15) is 4.31 Å². The summed E-state index contributed by atoms with van der Waals surface area (Å²) in [5, 5.41) is 5.64. The summed E-state index contributed by atoms with van der Waals surface area (Å²) in [5.74, 6) is -0.463. The first-order valence-electron chi connectivity index (χ1n) is 10.9. The summed E-state index contributed by atoms with van der Waals surface area (Å²) in [6, 6.07) is 13.1. The van der Waals surface area contributed by atoms with Crippen LogP contribution in [0.3, 0.4) is 0 Å². The molecule has 3 rings (SSSR count). The molecule has 2 N–H and O–H groups in total. The summed E-state index contributed by atoms with van der Waals surface area (Å²) in [6.07, 6.45) is 5.03. The van der Waals surface area contributed by atoms with Crippen molar-refractivity contribution < 1.29 is 18.0 Å². The van der Waals surface area contributed by atoms with E-state index in [0.29, 0.717) is 11.3 Å². The van der Waals surface area contributed by atoms with Gasteiger partial charge >= 0.3 is 0 Å². The molecule has 172 valence electrons. The Morgan fingerprint density at radius 2 is 1.69 bits per heavy atom. The molecule has 7 nitrogen and oxygen atoms in total. The maximum atomic E-state index is 13.0. The van der Waals surface area contributed by atoms with Crippen LogP contribution in [0.25, 0.3) is 0 Å². The lowest BCUT2D eigenvalue weighted by molar-refractivity contribution is -0.114. The lowest BCUT2D eigenvalue weighted by Crippen LogP contribution is -2.38. The van der Waals surface area contributed by atoms with Gasteiger partial charge in [0.25, 0.3) is 5.91 Å². The van der Waals surface area contributed by atoms with Crippen LogP contribution in [0.15, 0.2) is 53.4 Å². The topological polar surface area (TPSA) is 95.6 Å². The first kappa shape index (κ1) is 23.9. The Hall–Kier alpha value is -2.71. The molecule has 2 aromatic carbocycles. The van der Waals surface area contributed by atoms with Crippen LogP contribution in [0, 0.1) is 0 Å². The van der Waals surface area contributed by atoms with E-state index < -0.39 is 10.0 Å². The lowest BCUT2D eigenvalue weighted by atomic mass is 9.96. The van der Waals surface area contributed by atoms with Gasteiger partial charge in [0.2, 0.25) is 15.9 Å². The second-order valence-electron chi connectivity index (χ2n) is 8.34. The van der Waals surface area contributed by atoms with Gasteiger partial charge < -0.3 is 10.6 Å². The molecular formula is C24H31N3O4S. The molecule has 0 heterocycles. The molecule has 0 bridgehead atoms. The molecule has 1 fully saturated rings. The van der Waals surface area contributed by atoms with E-state index in [4.69, 9.17) is 0 Å². The Morgan fingerprint density at radius 1 is 1.03 bits per heavy atom. The molecule has 1 aliphatic rings. The van der Waals surface area contributed by atoms with Crippen LogP contribution in [0.2, 0.25) is 0 Å². The fourth-order valence-corrected chi connectivity index (χ4v) is 5.45. The van der Waals surface area contributed by atoms with Gasteiger partial charge in [-0.15, -0.1) is 0 Å². The third-order valence-electron chi connectivity index (χ3n) is 5.94. The van der Waals surface area contributed by atoms with E-state index in [9.17, 15) is 18.0 Å². The maximum absolute atomic E-state index is 13.0. The highest BCUT2D eigenvalue weighted by Gasteiger charge is 2.29. The van der Waals surface area contributed by atoms with Crippen molar-refractivity contribution >= 4 is 27.5 Å². The highest BCUT2D eigenvalue weighted by molar-refractivity contribution is 7.89. The van der Waals surface area contributed by atoms with Crippen molar-refractivity contribution in [2.45, 2.75) is 62.9 Å². The summed E-state index contributed by atoms with van der Waals surface area (Å²) in [6.45, 7) is 3.29. The number of hydrogen-bond donors (Lipinski definition) is 2. The van der Waals surface area contributed by atoms with Gasteiger partial charge in [-0.05, 0) is 61.7 Å². The molecule has 0 spiro atoms. The Bertz CT molecular complexity index is 1060. The van der Waals surface area contributed by atoms with Crippen LogP contribution in [0.4, 0.5) is 5.69 Å². The molecule has 0 saturated heterocycles. The number of rotatable bonds is 7.